The van der Waals surface area contributed by atoms with E-state index in [0.29, 0.717) is 42.7 Å². The first-order valence-electron chi connectivity index (χ1n) is 9.06. The number of carbonyl (C=O) groups excluding carboxylic acids is 2. The predicted molar refractivity (Wildman–Crippen MR) is 83.1 cm³/mol. The fourth-order valence-electron chi connectivity index (χ4n) is 6.75. The Bertz CT molecular complexity index is 527. The molecule has 4 rings (SSSR count). The summed E-state index contributed by atoms with van der Waals surface area (Å²) in [5.74, 6) is 1.97. The fourth-order valence-corrected chi connectivity index (χ4v) is 6.75. The van der Waals surface area contributed by atoms with Crippen molar-refractivity contribution in [2.24, 2.45) is 34.5 Å². The van der Waals surface area contributed by atoms with Gasteiger partial charge < -0.3 is 5.11 Å². The Balaban J connectivity index is 1.70. The minimum absolute atomic E-state index is 0.144. The molecule has 4 fully saturated rings. The fraction of sp³-hybridized carbons (Fsp3) is 0.895. The quantitative estimate of drug-likeness (QED) is 0.748. The van der Waals surface area contributed by atoms with Gasteiger partial charge in [0.05, 0.1) is 6.10 Å². The molecule has 3 nitrogen and oxygen atoms in total. The molecule has 22 heavy (non-hydrogen) atoms. The van der Waals surface area contributed by atoms with Crippen LogP contribution >= 0.6 is 0 Å². The first-order valence-corrected chi connectivity index (χ1v) is 9.06. The van der Waals surface area contributed by atoms with Crippen LogP contribution in [-0.4, -0.2) is 22.8 Å². The van der Waals surface area contributed by atoms with Gasteiger partial charge in [0.1, 0.15) is 11.6 Å². The third-order valence-corrected chi connectivity index (χ3v) is 8.03. The predicted octanol–water partition coefficient (Wildman–Crippen LogP) is 3.14. The number of fused-ring (bicyclic) bond motifs is 5. The molecule has 0 aliphatic heterocycles. The van der Waals surface area contributed by atoms with Crippen molar-refractivity contribution in [3.05, 3.63) is 0 Å². The zero-order valence-electron chi connectivity index (χ0n) is 13.8. The summed E-state index contributed by atoms with van der Waals surface area (Å²) >= 11 is 0. The van der Waals surface area contributed by atoms with Crippen LogP contribution in [0, 0.1) is 34.5 Å². The Hall–Kier alpha value is -0.700. The van der Waals surface area contributed by atoms with Crippen molar-refractivity contribution >= 4 is 11.6 Å². The molecule has 1 N–H and O–H groups in total. The van der Waals surface area contributed by atoms with Gasteiger partial charge in [-0.1, -0.05) is 13.8 Å². The molecule has 7 atom stereocenters. The molecule has 0 spiro atoms. The molecule has 0 saturated heterocycles. The average molecular weight is 304 g/mol. The zero-order chi connectivity index (χ0) is 15.7. The number of hydrogen-bond acceptors (Lipinski definition) is 3. The molecule has 0 heterocycles. The van der Waals surface area contributed by atoms with Gasteiger partial charge in [-0.15, -0.1) is 0 Å². The standard InChI is InChI=1S/C19H28O3/c1-18-5-4-14-17(15(18)9-13(21)10-18)16(22)8-11-7-12(20)3-6-19(11,14)2/h11,13-15,17,21H,3-10H2,1-2H3/t11?,13?,14-,15-,17+,18+,19-/m0/s1. The van der Waals surface area contributed by atoms with E-state index < -0.39 is 0 Å². The molecule has 0 radical (unpaired) electrons. The monoisotopic (exact) mass is 304 g/mol. The second-order valence-electron chi connectivity index (χ2n) is 9.14. The molecule has 4 saturated carbocycles. The van der Waals surface area contributed by atoms with Gasteiger partial charge in [0.25, 0.3) is 0 Å². The lowest BCUT2D eigenvalue weighted by molar-refractivity contribution is -0.156. The normalized spacial score (nSPS) is 54.6. The molecular formula is C19H28O3. The number of aliphatic hydroxyl groups is 1. The maximum absolute atomic E-state index is 12.9. The third-order valence-electron chi connectivity index (χ3n) is 8.03. The smallest absolute Gasteiger partial charge is 0.136 e. The topological polar surface area (TPSA) is 54.4 Å². The largest absolute Gasteiger partial charge is 0.393 e. The SMILES string of the molecule is C[C@]12CC[C@H]3[C@@H](C(=O)CC4CC(=O)CC[C@@]43C)[C@@H]1CC(O)C2. The maximum atomic E-state index is 12.9. The first kappa shape index (κ1) is 14.9. The Morgan fingerprint density at radius 2 is 1.86 bits per heavy atom. The van der Waals surface area contributed by atoms with Crippen molar-refractivity contribution < 1.29 is 14.7 Å². The molecule has 122 valence electrons. The molecule has 0 bridgehead atoms. The Labute approximate surface area is 132 Å². The molecular weight excluding hydrogens is 276 g/mol. The minimum atomic E-state index is -0.222. The number of rotatable bonds is 0. The summed E-state index contributed by atoms with van der Waals surface area (Å²) in [6.45, 7) is 4.64. The van der Waals surface area contributed by atoms with Crippen LogP contribution in [0.1, 0.15) is 65.2 Å². The molecule has 0 aromatic heterocycles. The Kier molecular flexibility index (Phi) is 3.15. The van der Waals surface area contributed by atoms with E-state index in [9.17, 15) is 14.7 Å². The van der Waals surface area contributed by atoms with E-state index in [4.69, 9.17) is 0 Å². The first-order chi connectivity index (χ1) is 10.3. The summed E-state index contributed by atoms with van der Waals surface area (Å²) in [6, 6.07) is 0. The van der Waals surface area contributed by atoms with Crippen LogP contribution in [0.3, 0.4) is 0 Å². The second kappa shape index (κ2) is 4.66. The lowest BCUT2D eigenvalue weighted by Gasteiger charge is -2.58. The molecule has 0 aromatic carbocycles. The molecule has 4 aliphatic rings. The van der Waals surface area contributed by atoms with Crippen molar-refractivity contribution in [2.45, 2.75) is 71.3 Å². The van der Waals surface area contributed by atoms with E-state index in [1.54, 1.807) is 0 Å². The Morgan fingerprint density at radius 1 is 1.09 bits per heavy atom. The summed E-state index contributed by atoms with van der Waals surface area (Å²) in [6.07, 6.45) is 6.60. The molecule has 4 aliphatic carbocycles. The van der Waals surface area contributed by atoms with Gasteiger partial charge in [0.2, 0.25) is 0 Å². The van der Waals surface area contributed by atoms with E-state index in [-0.39, 0.29) is 28.8 Å². The number of hydrogen-bond donors (Lipinski definition) is 1. The second-order valence-corrected chi connectivity index (χ2v) is 9.14. The zero-order valence-corrected chi connectivity index (χ0v) is 13.8. The van der Waals surface area contributed by atoms with Crippen LogP contribution in [-0.2, 0) is 9.59 Å². The van der Waals surface area contributed by atoms with Gasteiger partial charge in [-0.2, -0.15) is 0 Å². The minimum Gasteiger partial charge on any atom is -0.393 e. The van der Waals surface area contributed by atoms with Crippen LogP contribution in [0.4, 0.5) is 0 Å². The highest BCUT2D eigenvalue weighted by Crippen LogP contribution is 2.65. The van der Waals surface area contributed by atoms with Crippen molar-refractivity contribution in [1.82, 2.24) is 0 Å². The number of aliphatic hydroxyl groups excluding tert-OH is 1. The summed E-state index contributed by atoms with van der Waals surface area (Å²) in [5, 5.41) is 10.2. The molecule has 3 heteroatoms. The van der Waals surface area contributed by atoms with Crippen molar-refractivity contribution in [2.75, 3.05) is 0 Å². The van der Waals surface area contributed by atoms with Crippen molar-refractivity contribution in [3.63, 3.8) is 0 Å². The summed E-state index contributed by atoms with van der Waals surface area (Å²) in [7, 11) is 0. The van der Waals surface area contributed by atoms with E-state index >= 15 is 0 Å². The van der Waals surface area contributed by atoms with Crippen LogP contribution in [0.25, 0.3) is 0 Å². The van der Waals surface area contributed by atoms with Gasteiger partial charge >= 0.3 is 0 Å². The van der Waals surface area contributed by atoms with E-state index in [2.05, 4.69) is 13.8 Å². The van der Waals surface area contributed by atoms with Crippen molar-refractivity contribution in [1.29, 1.82) is 0 Å². The third kappa shape index (κ3) is 1.90. The molecule has 0 amide bonds. The lowest BCUT2D eigenvalue weighted by Crippen LogP contribution is -2.56. The van der Waals surface area contributed by atoms with Gasteiger partial charge in [-0.3, -0.25) is 9.59 Å². The van der Waals surface area contributed by atoms with Crippen LogP contribution in [0.2, 0.25) is 0 Å². The van der Waals surface area contributed by atoms with Crippen LogP contribution in [0.5, 0.6) is 0 Å². The highest BCUT2D eigenvalue weighted by molar-refractivity contribution is 5.86. The van der Waals surface area contributed by atoms with E-state index in [1.165, 1.54) is 0 Å². The number of carbonyl (C=O) groups is 2. The highest BCUT2D eigenvalue weighted by Gasteiger charge is 2.61. The summed E-state index contributed by atoms with van der Waals surface area (Å²) in [5.41, 5.74) is 0.325. The van der Waals surface area contributed by atoms with Crippen LogP contribution < -0.4 is 0 Å². The van der Waals surface area contributed by atoms with Gasteiger partial charge in [0, 0.05) is 25.2 Å². The maximum Gasteiger partial charge on any atom is 0.136 e. The van der Waals surface area contributed by atoms with E-state index in [1.807, 2.05) is 0 Å². The lowest BCUT2D eigenvalue weighted by atomic mass is 9.45. The van der Waals surface area contributed by atoms with Gasteiger partial charge in [0.15, 0.2) is 0 Å². The molecule has 2 unspecified atom stereocenters. The van der Waals surface area contributed by atoms with Crippen LogP contribution in [0.15, 0.2) is 0 Å². The highest BCUT2D eigenvalue weighted by atomic mass is 16.3. The Morgan fingerprint density at radius 3 is 2.64 bits per heavy atom. The molecule has 0 aromatic rings. The van der Waals surface area contributed by atoms with Gasteiger partial charge in [-0.25, -0.2) is 0 Å². The van der Waals surface area contributed by atoms with Crippen molar-refractivity contribution in [3.8, 4) is 0 Å². The van der Waals surface area contributed by atoms with Gasteiger partial charge in [-0.05, 0) is 60.7 Å². The average Bonchev–Trinajstić information content (AvgIpc) is 2.75. The number of ketones is 2. The summed E-state index contributed by atoms with van der Waals surface area (Å²) < 4.78 is 0. The number of Topliss-reactive ketones (excluding diaryl/α,β-unsaturated/α-hetero) is 2. The summed E-state index contributed by atoms with van der Waals surface area (Å²) in [4.78, 5) is 24.8. The van der Waals surface area contributed by atoms with E-state index in [0.717, 1.165) is 32.1 Å².